The summed E-state index contributed by atoms with van der Waals surface area (Å²) in [6.07, 6.45) is 4.05. The molecule has 0 spiro atoms. The summed E-state index contributed by atoms with van der Waals surface area (Å²) in [5.41, 5.74) is 0.889. The molecule has 0 aromatic carbocycles. The van der Waals surface area contributed by atoms with Crippen molar-refractivity contribution in [1.29, 1.82) is 0 Å². The van der Waals surface area contributed by atoms with E-state index < -0.39 is 5.97 Å². The summed E-state index contributed by atoms with van der Waals surface area (Å²) in [4.78, 5) is 19.5. The molecule has 92 valence electrons. The van der Waals surface area contributed by atoms with Crippen molar-refractivity contribution >= 4 is 5.97 Å². The predicted molar refractivity (Wildman–Crippen MR) is 61.0 cm³/mol. The Balaban J connectivity index is 2.38. The van der Waals surface area contributed by atoms with Gasteiger partial charge < -0.3 is 9.84 Å². The SMILES string of the molecule is CCC(OC)c1ncc(C(=O)O)c(C2CC2)n1. The Morgan fingerprint density at radius 2 is 2.35 bits per heavy atom. The molecule has 2 rings (SSSR count). The molecule has 1 aliphatic rings. The molecule has 1 aliphatic carbocycles. The van der Waals surface area contributed by atoms with Gasteiger partial charge >= 0.3 is 5.97 Å². The number of hydrogen-bond donors (Lipinski definition) is 1. The Labute approximate surface area is 99.9 Å². The Morgan fingerprint density at radius 3 is 2.82 bits per heavy atom. The summed E-state index contributed by atoms with van der Waals surface area (Å²) >= 11 is 0. The minimum Gasteiger partial charge on any atom is -0.478 e. The average Bonchev–Trinajstić information content (AvgIpc) is 3.14. The normalized spacial score (nSPS) is 16.8. The van der Waals surface area contributed by atoms with Crippen molar-refractivity contribution < 1.29 is 14.6 Å². The van der Waals surface area contributed by atoms with Crippen LogP contribution in [0.15, 0.2) is 6.20 Å². The number of carbonyl (C=O) groups is 1. The van der Waals surface area contributed by atoms with E-state index in [0.29, 0.717) is 11.5 Å². The number of nitrogens with zero attached hydrogens (tertiary/aromatic N) is 2. The summed E-state index contributed by atoms with van der Waals surface area (Å²) in [5.74, 6) is -0.0805. The average molecular weight is 236 g/mol. The van der Waals surface area contributed by atoms with E-state index in [-0.39, 0.29) is 17.6 Å². The summed E-state index contributed by atoms with van der Waals surface area (Å²) < 4.78 is 5.27. The second kappa shape index (κ2) is 4.79. The van der Waals surface area contributed by atoms with E-state index in [9.17, 15) is 4.79 Å². The van der Waals surface area contributed by atoms with Gasteiger partial charge in [-0.15, -0.1) is 0 Å². The molecule has 1 unspecified atom stereocenters. The molecule has 5 nitrogen and oxygen atoms in total. The van der Waals surface area contributed by atoms with Crippen LogP contribution in [0.3, 0.4) is 0 Å². The third-order valence-corrected chi connectivity index (χ3v) is 2.97. The topological polar surface area (TPSA) is 72.3 Å². The molecular weight excluding hydrogens is 220 g/mol. The van der Waals surface area contributed by atoms with Gasteiger partial charge in [-0.05, 0) is 19.3 Å². The monoisotopic (exact) mass is 236 g/mol. The molecule has 1 fully saturated rings. The lowest BCUT2D eigenvalue weighted by molar-refractivity contribution is 0.0692. The molecule has 0 aliphatic heterocycles. The van der Waals surface area contributed by atoms with Crippen LogP contribution in [0.5, 0.6) is 0 Å². The first-order valence-electron chi connectivity index (χ1n) is 5.80. The summed E-state index contributed by atoms with van der Waals surface area (Å²) in [5, 5.41) is 9.07. The van der Waals surface area contributed by atoms with Gasteiger partial charge in [0.2, 0.25) is 0 Å². The lowest BCUT2D eigenvalue weighted by atomic mass is 10.1. The smallest absolute Gasteiger partial charge is 0.339 e. The van der Waals surface area contributed by atoms with Gasteiger partial charge in [-0.1, -0.05) is 6.92 Å². The van der Waals surface area contributed by atoms with Gasteiger partial charge in [0, 0.05) is 19.2 Å². The lowest BCUT2D eigenvalue weighted by Crippen LogP contribution is -2.12. The van der Waals surface area contributed by atoms with Crippen molar-refractivity contribution in [2.24, 2.45) is 0 Å². The minimum absolute atomic E-state index is 0.157. The van der Waals surface area contributed by atoms with Gasteiger partial charge in [-0.3, -0.25) is 0 Å². The molecule has 17 heavy (non-hydrogen) atoms. The van der Waals surface area contributed by atoms with Gasteiger partial charge in [0.15, 0.2) is 5.82 Å². The van der Waals surface area contributed by atoms with Crippen LogP contribution >= 0.6 is 0 Å². The number of hydrogen-bond acceptors (Lipinski definition) is 4. The number of aromatic nitrogens is 2. The molecule has 0 bridgehead atoms. The highest BCUT2D eigenvalue weighted by Gasteiger charge is 2.31. The van der Waals surface area contributed by atoms with Crippen molar-refractivity contribution in [3.05, 3.63) is 23.3 Å². The Hall–Kier alpha value is -1.49. The largest absolute Gasteiger partial charge is 0.478 e. The Kier molecular flexibility index (Phi) is 3.38. The van der Waals surface area contributed by atoms with Gasteiger partial charge in [0.25, 0.3) is 0 Å². The van der Waals surface area contributed by atoms with Gasteiger partial charge in [0.05, 0.1) is 11.3 Å². The fourth-order valence-corrected chi connectivity index (χ4v) is 1.85. The van der Waals surface area contributed by atoms with E-state index in [2.05, 4.69) is 9.97 Å². The highest BCUT2D eigenvalue weighted by Crippen LogP contribution is 2.40. The maximum absolute atomic E-state index is 11.1. The highest BCUT2D eigenvalue weighted by molar-refractivity contribution is 5.88. The third kappa shape index (κ3) is 2.44. The molecule has 0 saturated heterocycles. The maximum Gasteiger partial charge on any atom is 0.339 e. The molecular formula is C12H16N2O3. The van der Waals surface area contributed by atoms with Gasteiger partial charge in [0.1, 0.15) is 6.10 Å². The summed E-state index contributed by atoms with van der Waals surface area (Å²) in [6.45, 7) is 1.99. The van der Waals surface area contributed by atoms with Crippen LogP contribution in [0, 0.1) is 0 Å². The fraction of sp³-hybridized carbons (Fsp3) is 0.583. The number of aromatic carboxylic acids is 1. The van der Waals surface area contributed by atoms with E-state index in [1.165, 1.54) is 6.20 Å². The minimum atomic E-state index is -0.955. The quantitative estimate of drug-likeness (QED) is 0.848. The van der Waals surface area contributed by atoms with Crippen molar-refractivity contribution in [1.82, 2.24) is 9.97 Å². The second-order valence-corrected chi connectivity index (χ2v) is 4.24. The zero-order valence-electron chi connectivity index (χ0n) is 10.0. The number of carboxylic acids is 1. The first kappa shape index (κ1) is 12.0. The Bertz CT molecular complexity index is 426. The molecule has 1 N–H and O–H groups in total. The molecule has 1 saturated carbocycles. The maximum atomic E-state index is 11.1. The van der Waals surface area contributed by atoms with Crippen LogP contribution in [0.25, 0.3) is 0 Å². The van der Waals surface area contributed by atoms with E-state index >= 15 is 0 Å². The van der Waals surface area contributed by atoms with Crippen LogP contribution in [0.4, 0.5) is 0 Å². The number of ether oxygens (including phenoxy) is 1. The number of rotatable bonds is 5. The number of carboxylic acid groups (broad SMARTS) is 1. The summed E-state index contributed by atoms with van der Waals surface area (Å²) in [6, 6.07) is 0. The third-order valence-electron chi connectivity index (χ3n) is 2.97. The zero-order chi connectivity index (χ0) is 12.4. The molecule has 0 radical (unpaired) electrons. The highest BCUT2D eigenvalue weighted by atomic mass is 16.5. The van der Waals surface area contributed by atoms with Crippen molar-refractivity contribution in [3.8, 4) is 0 Å². The van der Waals surface area contributed by atoms with Crippen molar-refractivity contribution in [3.63, 3.8) is 0 Å². The molecule has 1 atom stereocenters. The second-order valence-electron chi connectivity index (χ2n) is 4.24. The molecule has 0 amide bonds. The first-order valence-corrected chi connectivity index (χ1v) is 5.80. The lowest BCUT2D eigenvalue weighted by Gasteiger charge is -2.13. The molecule has 1 aromatic heterocycles. The molecule has 1 aromatic rings. The summed E-state index contributed by atoms with van der Waals surface area (Å²) in [7, 11) is 1.61. The van der Waals surface area contributed by atoms with Gasteiger partial charge in [-0.25, -0.2) is 14.8 Å². The zero-order valence-corrected chi connectivity index (χ0v) is 10.0. The van der Waals surface area contributed by atoms with Gasteiger partial charge in [-0.2, -0.15) is 0 Å². The standard InChI is InChI=1S/C12H16N2O3/c1-3-9(17-2)11-13-6-8(12(15)16)10(14-11)7-4-5-7/h6-7,9H,3-5H2,1-2H3,(H,15,16). The van der Waals surface area contributed by atoms with Crippen LogP contribution in [0.2, 0.25) is 0 Å². The van der Waals surface area contributed by atoms with Crippen LogP contribution in [-0.2, 0) is 4.74 Å². The molecule has 1 heterocycles. The van der Waals surface area contributed by atoms with Crippen molar-refractivity contribution in [2.75, 3.05) is 7.11 Å². The first-order chi connectivity index (χ1) is 8.17. The number of methoxy groups -OCH3 is 1. The van der Waals surface area contributed by atoms with Crippen LogP contribution in [-0.4, -0.2) is 28.2 Å². The van der Waals surface area contributed by atoms with E-state index in [0.717, 1.165) is 19.3 Å². The van der Waals surface area contributed by atoms with Crippen LogP contribution < -0.4 is 0 Å². The van der Waals surface area contributed by atoms with E-state index in [1.807, 2.05) is 6.92 Å². The Morgan fingerprint density at radius 1 is 1.65 bits per heavy atom. The fourth-order valence-electron chi connectivity index (χ4n) is 1.85. The predicted octanol–water partition coefficient (Wildman–Crippen LogP) is 2.15. The van der Waals surface area contributed by atoms with Crippen LogP contribution in [0.1, 0.15) is 60.1 Å². The van der Waals surface area contributed by atoms with E-state index in [4.69, 9.17) is 9.84 Å². The molecule has 5 heteroatoms. The van der Waals surface area contributed by atoms with E-state index in [1.54, 1.807) is 7.11 Å². The van der Waals surface area contributed by atoms with Crippen molar-refractivity contribution in [2.45, 2.75) is 38.2 Å².